The summed E-state index contributed by atoms with van der Waals surface area (Å²) >= 11 is 3.44. The van der Waals surface area contributed by atoms with Crippen LogP contribution in [0.2, 0.25) is 0 Å². The van der Waals surface area contributed by atoms with Crippen LogP contribution in [0.3, 0.4) is 0 Å². The average Bonchev–Trinajstić information content (AvgIpc) is 3.06. The molecule has 0 saturated carbocycles. The van der Waals surface area contributed by atoms with E-state index < -0.39 is 5.54 Å². The Morgan fingerprint density at radius 3 is 2.52 bits per heavy atom. The Bertz CT molecular complexity index is 1100. The Hall–Kier alpha value is -2.60. The summed E-state index contributed by atoms with van der Waals surface area (Å²) in [5.74, 6) is -0.142. The van der Waals surface area contributed by atoms with E-state index >= 15 is 0 Å². The molecule has 6 heteroatoms. The topological polar surface area (TPSA) is 45.6 Å². The normalized spacial score (nSPS) is 21.6. The Labute approximate surface area is 152 Å². The predicted octanol–water partition coefficient (Wildman–Crippen LogP) is 3.76. The van der Waals surface area contributed by atoms with Gasteiger partial charge in [-0.05, 0) is 19.1 Å². The molecule has 1 unspecified atom stereocenters. The van der Waals surface area contributed by atoms with Crippen LogP contribution >= 0.6 is 16.1 Å². The quantitative estimate of drug-likeness (QED) is 0.544. The lowest BCUT2D eigenvalue weighted by atomic mass is 9.82. The maximum absolute atomic E-state index is 13.4. The number of fused-ring (bicyclic) bond motifs is 3. The molecule has 2 amide bonds. The summed E-state index contributed by atoms with van der Waals surface area (Å²) in [4.78, 5) is 28.2. The molecule has 2 aromatic carbocycles. The molecular weight excluding hydrogens is 382 g/mol. The fourth-order valence-electron chi connectivity index (χ4n) is 4.26. The number of nitrogens with zero attached hydrogens (tertiary/aromatic N) is 3. The van der Waals surface area contributed by atoms with Crippen molar-refractivity contribution < 1.29 is 9.59 Å². The zero-order valence-corrected chi connectivity index (χ0v) is 15.2. The number of halogens is 1. The van der Waals surface area contributed by atoms with Crippen molar-refractivity contribution in [1.82, 2.24) is 8.49 Å². The Morgan fingerprint density at radius 1 is 1.00 bits per heavy atom. The third kappa shape index (κ3) is 1.46. The van der Waals surface area contributed by atoms with Crippen molar-refractivity contribution in [3.8, 4) is 0 Å². The number of likely N-dealkylation sites (N-methyl/N-ethyl adjacent to an activating group) is 1. The molecule has 1 atom stereocenters. The highest BCUT2D eigenvalue weighted by atomic mass is 79.9. The summed E-state index contributed by atoms with van der Waals surface area (Å²) in [6, 6.07) is 15.2. The van der Waals surface area contributed by atoms with Gasteiger partial charge >= 0.3 is 6.03 Å². The van der Waals surface area contributed by atoms with E-state index in [0.29, 0.717) is 0 Å². The van der Waals surface area contributed by atoms with Gasteiger partial charge in [-0.15, -0.1) is 0 Å². The number of benzene rings is 2. The van der Waals surface area contributed by atoms with E-state index in [1.807, 2.05) is 55.5 Å². The van der Waals surface area contributed by atoms with E-state index in [0.717, 1.165) is 33.4 Å². The molecule has 3 aromatic rings. The SMILES string of the molecule is Cc1cc2cccc3c2n1C(=O)N(Br)C31C(=O)N(C)c2ccccc21. The van der Waals surface area contributed by atoms with E-state index in [1.54, 1.807) is 16.5 Å². The van der Waals surface area contributed by atoms with Gasteiger partial charge in [-0.25, -0.2) is 8.72 Å². The highest BCUT2D eigenvalue weighted by Crippen LogP contribution is 2.53. The summed E-state index contributed by atoms with van der Waals surface area (Å²) in [5, 5.41) is 0.961. The number of amides is 2. The van der Waals surface area contributed by atoms with Crippen LogP contribution in [-0.2, 0) is 10.3 Å². The maximum atomic E-state index is 13.4. The monoisotopic (exact) mass is 395 g/mol. The zero-order chi connectivity index (χ0) is 17.5. The van der Waals surface area contributed by atoms with Crippen molar-refractivity contribution in [3.63, 3.8) is 0 Å². The number of carbonyl (C=O) groups excluding carboxylic acids is 2. The van der Waals surface area contributed by atoms with E-state index in [9.17, 15) is 9.59 Å². The van der Waals surface area contributed by atoms with Crippen LogP contribution in [-0.4, -0.2) is 27.5 Å². The summed E-state index contributed by atoms with van der Waals surface area (Å²) in [6.45, 7) is 1.90. The molecule has 2 aliphatic rings. The molecule has 0 saturated heterocycles. The first kappa shape index (κ1) is 14.7. The van der Waals surface area contributed by atoms with Crippen LogP contribution in [0, 0.1) is 6.92 Å². The summed E-state index contributed by atoms with van der Waals surface area (Å²) in [7, 11) is 1.75. The number of aromatic nitrogens is 1. The molecule has 0 fully saturated rings. The van der Waals surface area contributed by atoms with Gasteiger partial charge in [0.15, 0.2) is 5.54 Å². The molecule has 0 radical (unpaired) electrons. The fourth-order valence-corrected chi connectivity index (χ4v) is 4.95. The molecule has 0 aliphatic carbocycles. The second-order valence-corrected chi connectivity index (χ2v) is 7.23. The molecule has 1 spiro atoms. The van der Waals surface area contributed by atoms with Crippen LogP contribution in [0.1, 0.15) is 16.8 Å². The smallest absolute Gasteiger partial charge is 0.312 e. The molecule has 124 valence electrons. The van der Waals surface area contributed by atoms with E-state index in [-0.39, 0.29) is 11.9 Å². The molecule has 0 bridgehead atoms. The van der Waals surface area contributed by atoms with Crippen molar-refractivity contribution >= 4 is 44.7 Å². The van der Waals surface area contributed by atoms with Crippen molar-refractivity contribution in [2.75, 3.05) is 11.9 Å². The molecule has 25 heavy (non-hydrogen) atoms. The number of hydrogen-bond acceptors (Lipinski definition) is 2. The van der Waals surface area contributed by atoms with Gasteiger partial charge in [-0.1, -0.05) is 36.4 Å². The van der Waals surface area contributed by atoms with Crippen molar-refractivity contribution in [1.29, 1.82) is 0 Å². The predicted molar refractivity (Wildman–Crippen MR) is 98.9 cm³/mol. The van der Waals surface area contributed by atoms with E-state index in [4.69, 9.17) is 0 Å². The number of hydrogen-bond donors (Lipinski definition) is 0. The zero-order valence-electron chi connectivity index (χ0n) is 13.7. The van der Waals surface area contributed by atoms with E-state index in [1.165, 1.54) is 3.93 Å². The largest absolute Gasteiger partial charge is 0.340 e. The first-order chi connectivity index (χ1) is 12.0. The van der Waals surface area contributed by atoms with Gasteiger partial charge in [0.05, 0.1) is 21.7 Å². The van der Waals surface area contributed by atoms with Gasteiger partial charge in [-0.3, -0.25) is 9.36 Å². The summed E-state index contributed by atoms with van der Waals surface area (Å²) < 4.78 is 3.07. The summed E-state index contributed by atoms with van der Waals surface area (Å²) in [6.07, 6.45) is 0. The van der Waals surface area contributed by atoms with Crippen LogP contribution in [0.25, 0.3) is 10.9 Å². The molecule has 1 aromatic heterocycles. The van der Waals surface area contributed by atoms with Crippen LogP contribution < -0.4 is 4.90 Å². The number of carbonyl (C=O) groups is 2. The Kier molecular flexibility index (Phi) is 2.66. The lowest BCUT2D eigenvalue weighted by Gasteiger charge is -2.40. The number of para-hydroxylation sites is 2. The lowest BCUT2D eigenvalue weighted by Crippen LogP contribution is -2.55. The first-order valence-corrected chi connectivity index (χ1v) is 8.70. The number of aryl methyl sites for hydroxylation is 1. The third-order valence-electron chi connectivity index (χ3n) is 5.32. The fraction of sp³-hybridized carbons (Fsp3) is 0.158. The third-order valence-corrected chi connectivity index (χ3v) is 6.16. The molecule has 0 N–H and O–H groups in total. The second-order valence-electron chi connectivity index (χ2n) is 6.52. The van der Waals surface area contributed by atoms with Crippen molar-refractivity contribution in [2.45, 2.75) is 12.5 Å². The maximum Gasteiger partial charge on any atom is 0.340 e. The Balaban J connectivity index is 2.01. The second kappa shape index (κ2) is 4.52. The van der Waals surface area contributed by atoms with Gasteiger partial charge in [0, 0.05) is 34.9 Å². The molecular formula is C19H14BrN3O2. The first-order valence-electron chi connectivity index (χ1n) is 7.99. The van der Waals surface area contributed by atoms with Crippen molar-refractivity contribution in [2.24, 2.45) is 0 Å². The molecule has 2 aliphatic heterocycles. The minimum atomic E-state index is -1.19. The summed E-state index contributed by atoms with van der Waals surface area (Å²) in [5.41, 5.74) is 2.90. The van der Waals surface area contributed by atoms with Crippen LogP contribution in [0.5, 0.6) is 0 Å². The Morgan fingerprint density at radius 2 is 1.72 bits per heavy atom. The van der Waals surface area contributed by atoms with Gasteiger partial charge in [0.25, 0.3) is 5.91 Å². The molecule has 3 heterocycles. The van der Waals surface area contributed by atoms with E-state index in [2.05, 4.69) is 16.1 Å². The highest BCUT2D eigenvalue weighted by molar-refractivity contribution is 9.07. The van der Waals surface area contributed by atoms with Crippen LogP contribution in [0.4, 0.5) is 10.5 Å². The standard InChI is InChI=1S/C19H14BrN3O2/c1-11-10-12-6-5-8-14-16(12)22(11)18(25)23(20)19(14)13-7-3-4-9-15(13)21(2)17(19)24/h3-10H,1-2H3. The minimum Gasteiger partial charge on any atom is -0.312 e. The molecule has 5 rings (SSSR count). The van der Waals surface area contributed by atoms with Crippen molar-refractivity contribution in [3.05, 3.63) is 65.4 Å². The van der Waals surface area contributed by atoms with Gasteiger partial charge in [0.2, 0.25) is 0 Å². The minimum absolute atomic E-state index is 0.142. The highest BCUT2D eigenvalue weighted by Gasteiger charge is 2.59. The van der Waals surface area contributed by atoms with Crippen LogP contribution in [0.15, 0.2) is 48.5 Å². The van der Waals surface area contributed by atoms with Gasteiger partial charge in [0.1, 0.15) is 0 Å². The number of anilines is 1. The molecule has 5 nitrogen and oxygen atoms in total. The lowest BCUT2D eigenvalue weighted by molar-refractivity contribution is -0.123. The number of rotatable bonds is 0. The van der Waals surface area contributed by atoms with Gasteiger partial charge < -0.3 is 4.90 Å². The van der Waals surface area contributed by atoms with Gasteiger partial charge in [-0.2, -0.15) is 0 Å². The average molecular weight is 396 g/mol.